The van der Waals surface area contributed by atoms with Crippen LogP contribution in [0.2, 0.25) is 0 Å². The van der Waals surface area contributed by atoms with E-state index in [1.807, 2.05) is 36.4 Å². The zero-order valence-electron chi connectivity index (χ0n) is 9.97. The Labute approximate surface area is 123 Å². The van der Waals surface area contributed by atoms with Crippen molar-refractivity contribution in [3.8, 4) is 0 Å². The predicted octanol–water partition coefficient (Wildman–Crippen LogP) is 3.79. The average molecular weight is 339 g/mol. The van der Waals surface area contributed by atoms with Gasteiger partial charge in [0.05, 0.1) is 23.0 Å². The summed E-state index contributed by atoms with van der Waals surface area (Å²) in [4.78, 5) is 14.0. The predicted molar refractivity (Wildman–Crippen MR) is 76.5 cm³/mol. The van der Waals surface area contributed by atoms with E-state index < -0.39 is 0 Å². The maximum Gasteiger partial charge on any atom is 0.204 e. The number of benzene rings is 1. The van der Waals surface area contributed by atoms with E-state index in [0.717, 1.165) is 9.35 Å². The van der Waals surface area contributed by atoms with Gasteiger partial charge in [-0.1, -0.05) is 28.1 Å². The van der Waals surface area contributed by atoms with Crippen molar-refractivity contribution < 1.29 is 14.3 Å². The van der Waals surface area contributed by atoms with Gasteiger partial charge in [0.2, 0.25) is 5.78 Å². The lowest BCUT2D eigenvalue weighted by Gasteiger charge is -2.05. The third-order valence-corrected chi connectivity index (χ3v) is 4.62. The Morgan fingerprint density at radius 2 is 1.89 bits per heavy atom. The molecule has 1 aromatic carbocycles. The Morgan fingerprint density at radius 1 is 1.16 bits per heavy atom. The van der Waals surface area contributed by atoms with Crippen molar-refractivity contribution in [3.05, 3.63) is 56.2 Å². The van der Waals surface area contributed by atoms with Gasteiger partial charge < -0.3 is 9.47 Å². The molecule has 5 heteroatoms. The van der Waals surface area contributed by atoms with E-state index in [-0.39, 0.29) is 12.1 Å². The summed E-state index contributed by atoms with van der Waals surface area (Å²) >= 11 is 4.82. The molecule has 0 saturated carbocycles. The van der Waals surface area contributed by atoms with E-state index in [1.165, 1.54) is 11.3 Å². The summed E-state index contributed by atoms with van der Waals surface area (Å²) in [6.45, 7) is 1.21. The number of ether oxygens (including phenoxy) is 2. The van der Waals surface area contributed by atoms with E-state index in [2.05, 4.69) is 15.9 Å². The van der Waals surface area contributed by atoms with Gasteiger partial charge >= 0.3 is 0 Å². The molecule has 0 unspecified atom stereocenters. The normalized spacial score (nSPS) is 15.8. The molecule has 3 rings (SSSR count). The summed E-state index contributed by atoms with van der Waals surface area (Å²) < 4.78 is 11.7. The standard InChI is InChI=1S/C14H11BrO3S/c15-10-4-2-1-3-9(10)13(16)11-5-6-12(19-11)14-17-7-8-18-14/h1-6,14H,7-8H2. The second-order valence-corrected chi connectivity index (χ2v) is 6.05. The van der Waals surface area contributed by atoms with Crippen molar-refractivity contribution in [3.63, 3.8) is 0 Å². The van der Waals surface area contributed by atoms with Crippen molar-refractivity contribution in [2.75, 3.05) is 13.2 Å². The third kappa shape index (κ3) is 2.65. The van der Waals surface area contributed by atoms with Gasteiger partial charge in [0, 0.05) is 10.0 Å². The number of hydrogen-bond acceptors (Lipinski definition) is 4. The SMILES string of the molecule is O=C(c1ccc(C2OCCO2)s1)c1ccccc1Br. The van der Waals surface area contributed by atoms with Crippen molar-refractivity contribution >= 4 is 33.0 Å². The Morgan fingerprint density at radius 3 is 2.63 bits per heavy atom. The largest absolute Gasteiger partial charge is 0.345 e. The first-order valence-corrected chi connectivity index (χ1v) is 7.49. The molecule has 0 N–H and O–H groups in total. The van der Waals surface area contributed by atoms with Gasteiger partial charge in [-0.15, -0.1) is 11.3 Å². The van der Waals surface area contributed by atoms with E-state index in [9.17, 15) is 4.79 Å². The fourth-order valence-electron chi connectivity index (χ4n) is 1.90. The van der Waals surface area contributed by atoms with E-state index >= 15 is 0 Å². The molecule has 0 radical (unpaired) electrons. The van der Waals surface area contributed by atoms with Crippen LogP contribution >= 0.6 is 27.3 Å². The Balaban J connectivity index is 1.86. The highest BCUT2D eigenvalue weighted by Crippen LogP contribution is 2.31. The molecule has 0 bridgehead atoms. The minimum Gasteiger partial charge on any atom is -0.345 e. The van der Waals surface area contributed by atoms with Gasteiger partial charge in [0.25, 0.3) is 0 Å². The molecule has 1 aromatic heterocycles. The van der Waals surface area contributed by atoms with E-state index in [4.69, 9.17) is 9.47 Å². The van der Waals surface area contributed by atoms with Gasteiger partial charge in [0.1, 0.15) is 0 Å². The minimum atomic E-state index is -0.314. The smallest absolute Gasteiger partial charge is 0.204 e. The van der Waals surface area contributed by atoms with Gasteiger partial charge in [0.15, 0.2) is 6.29 Å². The lowest BCUT2D eigenvalue weighted by atomic mass is 10.1. The zero-order valence-corrected chi connectivity index (χ0v) is 12.4. The minimum absolute atomic E-state index is 0.0155. The molecule has 3 nitrogen and oxygen atoms in total. The fourth-order valence-corrected chi connectivity index (χ4v) is 3.33. The highest BCUT2D eigenvalue weighted by atomic mass is 79.9. The summed E-state index contributed by atoms with van der Waals surface area (Å²) in [6, 6.07) is 11.1. The van der Waals surface area contributed by atoms with Gasteiger partial charge in [-0.05, 0) is 24.3 Å². The molecular formula is C14H11BrO3S. The van der Waals surface area contributed by atoms with Crippen LogP contribution in [0.4, 0.5) is 0 Å². The summed E-state index contributed by atoms with van der Waals surface area (Å²) in [7, 11) is 0. The molecule has 0 amide bonds. The summed E-state index contributed by atoms with van der Waals surface area (Å²) in [6.07, 6.45) is -0.314. The lowest BCUT2D eigenvalue weighted by molar-refractivity contribution is -0.0413. The number of ketones is 1. The number of thiophene rings is 1. The molecule has 0 atom stereocenters. The van der Waals surface area contributed by atoms with Crippen molar-refractivity contribution in [1.82, 2.24) is 0 Å². The first-order valence-electron chi connectivity index (χ1n) is 5.88. The Bertz CT molecular complexity index is 602. The van der Waals surface area contributed by atoms with Crippen LogP contribution in [0, 0.1) is 0 Å². The quantitative estimate of drug-likeness (QED) is 0.799. The second kappa shape index (κ2) is 5.54. The first-order chi connectivity index (χ1) is 9.25. The van der Waals surface area contributed by atoms with Crippen LogP contribution in [0.5, 0.6) is 0 Å². The molecule has 1 saturated heterocycles. The maximum absolute atomic E-state index is 12.4. The first kappa shape index (κ1) is 13.0. The molecule has 19 heavy (non-hydrogen) atoms. The summed E-state index contributed by atoms with van der Waals surface area (Å²) in [5.41, 5.74) is 0.671. The van der Waals surface area contributed by atoms with Crippen LogP contribution in [0.25, 0.3) is 0 Å². The molecule has 2 aromatic rings. The number of halogens is 1. The second-order valence-electron chi connectivity index (χ2n) is 4.08. The van der Waals surface area contributed by atoms with Gasteiger partial charge in [-0.25, -0.2) is 0 Å². The highest BCUT2D eigenvalue weighted by molar-refractivity contribution is 9.10. The van der Waals surface area contributed by atoms with Crippen molar-refractivity contribution in [1.29, 1.82) is 0 Å². The molecule has 0 spiro atoms. The van der Waals surface area contributed by atoms with E-state index in [1.54, 1.807) is 0 Å². The van der Waals surface area contributed by atoms with Gasteiger partial charge in [-0.3, -0.25) is 4.79 Å². The molecule has 1 fully saturated rings. The van der Waals surface area contributed by atoms with E-state index in [0.29, 0.717) is 23.7 Å². The number of carbonyl (C=O) groups excluding carboxylic acids is 1. The molecule has 2 heterocycles. The van der Waals surface area contributed by atoms with Crippen molar-refractivity contribution in [2.45, 2.75) is 6.29 Å². The van der Waals surface area contributed by atoms with Crippen LogP contribution < -0.4 is 0 Å². The molecule has 0 aliphatic carbocycles. The molecule has 98 valence electrons. The Hall–Kier alpha value is -1.01. The monoisotopic (exact) mass is 338 g/mol. The van der Waals surface area contributed by atoms with Crippen molar-refractivity contribution in [2.24, 2.45) is 0 Å². The van der Waals surface area contributed by atoms with Crippen LogP contribution in [0.1, 0.15) is 26.4 Å². The zero-order chi connectivity index (χ0) is 13.2. The average Bonchev–Trinajstić information content (AvgIpc) is 3.09. The molecular weight excluding hydrogens is 328 g/mol. The highest BCUT2D eigenvalue weighted by Gasteiger charge is 2.22. The van der Waals surface area contributed by atoms with Crippen LogP contribution in [-0.2, 0) is 9.47 Å². The Kier molecular flexibility index (Phi) is 3.79. The maximum atomic E-state index is 12.4. The molecule has 1 aliphatic heterocycles. The number of rotatable bonds is 3. The van der Waals surface area contributed by atoms with Crippen LogP contribution in [0.15, 0.2) is 40.9 Å². The topological polar surface area (TPSA) is 35.5 Å². The summed E-state index contributed by atoms with van der Waals surface area (Å²) in [5.74, 6) is 0.0155. The fraction of sp³-hybridized carbons (Fsp3) is 0.214. The van der Waals surface area contributed by atoms with Crippen LogP contribution in [0.3, 0.4) is 0 Å². The number of hydrogen-bond donors (Lipinski definition) is 0. The van der Waals surface area contributed by atoms with Crippen LogP contribution in [-0.4, -0.2) is 19.0 Å². The molecule has 1 aliphatic rings. The lowest BCUT2D eigenvalue weighted by Crippen LogP contribution is -1.99. The third-order valence-electron chi connectivity index (χ3n) is 2.82. The van der Waals surface area contributed by atoms with Gasteiger partial charge in [-0.2, -0.15) is 0 Å². The summed E-state index contributed by atoms with van der Waals surface area (Å²) in [5, 5.41) is 0. The number of carbonyl (C=O) groups is 1.